The van der Waals surface area contributed by atoms with Gasteiger partial charge in [0.25, 0.3) is 5.91 Å². The van der Waals surface area contributed by atoms with Crippen LogP contribution in [0.25, 0.3) is 6.08 Å². The predicted octanol–water partition coefficient (Wildman–Crippen LogP) is 4.67. The number of amides is 2. The van der Waals surface area contributed by atoms with E-state index in [2.05, 4.69) is 20.9 Å². The summed E-state index contributed by atoms with van der Waals surface area (Å²) in [5, 5.41) is 0.162. The van der Waals surface area contributed by atoms with Crippen molar-refractivity contribution < 1.29 is 28.2 Å². The minimum atomic E-state index is -0.534. The van der Waals surface area contributed by atoms with Crippen LogP contribution in [0, 0.1) is 5.82 Å². The summed E-state index contributed by atoms with van der Waals surface area (Å²) in [5.74, 6) is -1.43. The molecule has 7 nitrogen and oxygen atoms in total. The molecule has 2 aromatic carbocycles. The van der Waals surface area contributed by atoms with E-state index in [1.807, 2.05) is 0 Å². The van der Waals surface area contributed by atoms with Gasteiger partial charge in [0.1, 0.15) is 5.82 Å². The number of rotatable bonds is 4. The third-order valence-electron chi connectivity index (χ3n) is 4.00. The first-order valence-corrected chi connectivity index (χ1v) is 10.5. The van der Waals surface area contributed by atoms with Crippen molar-refractivity contribution in [3.8, 4) is 11.5 Å². The van der Waals surface area contributed by atoms with Crippen LogP contribution in [0.5, 0.6) is 11.5 Å². The average molecular weight is 507 g/mol. The number of carbonyl (C=O) groups is 3. The van der Waals surface area contributed by atoms with E-state index in [1.165, 1.54) is 45.2 Å². The largest absolute Gasteiger partial charge is 0.493 e. The lowest BCUT2D eigenvalue weighted by Crippen LogP contribution is -2.33. The number of carbonyl (C=O) groups excluding carboxylic acids is 3. The normalized spacial score (nSPS) is 16.2. The number of imide groups is 1. The molecular weight excluding hydrogens is 491 g/mol. The zero-order valence-corrected chi connectivity index (χ0v) is 19.0. The second-order valence-electron chi connectivity index (χ2n) is 6.26. The van der Waals surface area contributed by atoms with Gasteiger partial charge in [-0.3, -0.25) is 14.4 Å². The molecule has 0 unspecified atom stereocenters. The maximum absolute atomic E-state index is 13.1. The number of methoxy groups -OCH3 is 1. The molecule has 0 N–H and O–H groups in total. The maximum atomic E-state index is 13.1. The van der Waals surface area contributed by atoms with Gasteiger partial charge in [-0.25, -0.2) is 14.3 Å². The SMILES string of the molecule is COc1cc(C=C2SC(=Nc3ccc(F)cc3)N(C(C)=O)C2=O)c(Br)cc1OC(C)=O. The number of thioether (sulfide) groups is 1. The smallest absolute Gasteiger partial charge is 0.308 e. The number of ether oxygens (including phenoxy) is 2. The van der Waals surface area contributed by atoms with E-state index >= 15 is 0 Å². The van der Waals surface area contributed by atoms with Gasteiger partial charge < -0.3 is 9.47 Å². The molecule has 0 radical (unpaired) electrons. The zero-order valence-electron chi connectivity index (χ0n) is 16.6. The van der Waals surface area contributed by atoms with E-state index in [1.54, 1.807) is 18.2 Å². The number of esters is 1. The number of aliphatic imine (C=N–C) groups is 1. The number of halogens is 2. The second kappa shape index (κ2) is 9.44. The zero-order chi connectivity index (χ0) is 22.7. The van der Waals surface area contributed by atoms with Gasteiger partial charge in [-0.15, -0.1) is 0 Å². The van der Waals surface area contributed by atoms with Crippen LogP contribution in [0.3, 0.4) is 0 Å². The molecule has 0 aliphatic carbocycles. The minimum absolute atomic E-state index is 0.162. The topological polar surface area (TPSA) is 85.3 Å². The lowest BCUT2D eigenvalue weighted by Gasteiger charge is -2.11. The fraction of sp³-hybridized carbons (Fsp3) is 0.143. The van der Waals surface area contributed by atoms with Crippen molar-refractivity contribution >= 4 is 62.4 Å². The summed E-state index contributed by atoms with van der Waals surface area (Å²) < 4.78 is 24.1. The van der Waals surface area contributed by atoms with E-state index in [4.69, 9.17) is 9.47 Å². The van der Waals surface area contributed by atoms with E-state index in [9.17, 15) is 18.8 Å². The van der Waals surface area contributed by atoms with Gasteiger partial charge in [0.15, 0.2) is 16.7 Å². The van der Waals surface area contributed by atoms with Crippen LogP contribution < -0.4 is 9.47 Å². The maximum Gasteiger partial charge on any atom is 0.308 e. The molecule has 1 fully saturated rings. The van der Waals surface area contributed by atoms with Gasteiger partial charge in [0, 0.05) is 18.3 Å². The Morgan fingerprint density at radius 3 is 2.42 bits per heavy atom. The second-order valence-corrected chi connectivity index (χ2v) is 8.12. The predicted molar refractivity (Wildman–Crippen MR) is 119 cm³/mol. The third-order valence-corrected chi connectivity index (χ3v) is 5.65. The van der Waals surface area contributed by atoms with Crippen molar-refractivity contribution in [2.45, 2.75) is 13.8 Å². The minimum Gasteiger partial charge on any atom is -0.493 e. The molecule has 0 bridgehead atoms. The fourth-order valence-corrected chi connectivity index (χ4v) is 4.10. The molecule has 2 aromatic rings. The number of nitrogens with zero attached hydrogens (tertiary/aromatic N) is 2. The number of amidine groups is 1. The summed E-state index contributed by atoms with van der Waals surface area (Å²) in [6.45, 7) is 2.53. The van der Waals surface area contributed by atoms with Crippen molar-refractivity contribution in [3.63, 3.8) is 0 Å². The summed E-state index contributed by atoms with van der Waals surface area (Å²) >= 11 is 4.40. The van der Waals surface area contributed by atoms with Crippen LogP contribution in [0.4, 0.5) is 10.1 Å². The average Bonchev–Trinajstić information content (AvgIpc) is 3.00. The lowest BCUT2D eigenvalue weighted by atomic mass is 10.2. The first-order chi connectivity index (χ1) is 14.7. The number of hydrogen-bond donors (Lipinski definition) is 0. The van der Waals surface area contributed by atoms with Crippen molar-refractivity contribution in [1.82, 2.24) is 4.90 Å². The van der Waals surface area contributed by atoms with Gasteiger partial charge >= 0.3 is 5.97 Å². The van der Waals surface area contributed by atoms with Gasteiger partial charge in [-0.05, 0) is 59.8 Å². The van der Waals surface area contributed by atoms with Crippen molar-refractivity contribution in [2.75, 3.05) is 7.11 Å². The highest BCUT2D eigenvalue weighted by atomic mass is 79.9. The Kier molecular flexibility index (Phi) is 6.91. The number of benzene rings is 2. The molecule has 31 heavy (non-hydrogen) atoms. The summed E-state index contributed by atoms with van der Waals surface area (Å²) in [4.78, 5) is 41.7. The van der Waals surface area contributed by atoms with Gasteiger partial charge in [-0.2, -0.15) is 0 Å². The quantitative estimate of drug-likeness (QED) is 0.340. The monoisotopic (exact) mass is 506 g/mol. The highest BCUT2D eigenvalue weighted by Gasteiger charge is 2.36. The Morgan fingerprint density at radius 2 is 1.84 bits per heavy atom. The number of hydrogen-bond acceptors (Lipinski definition) is 7. The molecule has 160 valence electrons. The molecule has 3 rings (SSSR count). The van der Waals surface area contributed by atoms with Gasteiger partial charge in [0.05, 0.1) is 17.7 Å². The standard InChI is InChI=1S/C21H16BrFN2O5S/c1-11(26)25-20(28)19(31-21(25)24-15-6-4-14(23)5-7-15)9-13-8-17(29-3)18(10-16(13)22)30-12(2)27/h4-10H,1-3H3. The molecule has 0 aromatic heterocycles. The Balaban J connectivity index is 2.01. The molecule has 10 heteroatoms. The van der Waals surface area contributed by atoms with E-state index in [0.717, 1.165) is 16.7 Å². The van der Waals surface area contributed by atoms with Crippen LogP contribution in [-0.2, 0) is 14.4 Å². The van der Waals surface area contributed by atoms with Crippen molar-refractivity contribution in [1.29, 1.82) is 0 Å². The lowest BCUT2D eigenvalue weighted by molar-refractivity contribution is -0.135. The molecule has 0 spiro atoms. The first-order valence-electron chi connectivity index (χ1n) is 8.84. The molecule has 1 heterocycles. The van der Waals surface area contributed by atoms with Gasteiger partial charge in [0.2, 0.25) is 5.91 Å². The summed E-state index contributed by atoms with van der Waals surface area (Å²) in [5.41, 5.74) is 0.966. The first kappa shape index (κ1) is 22.7. The Morgan fingerprint density at radius 1 is 1.16 bits per heavy atom. The molecule has 0 atom stereocenters. The van der Waals surface area contributed by atoms with E-state index < -0.39 is 23.6 Å². The van der Waals surface area contributed by atoms with Crippen LogP contribution in [0.1, 0.15) is 19.4 Å². The molecular formula is C21H16BrFN2O5S. The van der Waals surface area contributed by atoms with Crippen LogP contribution >= 0.6 is 27.7 Å². The highest BCUT2D eigenvalue weighted by Crippen LogP contribution is 2.38. The van der Waals surface area contributed by atoms with Gasteiger partial charge in [-0.1, -0.05) is 15.9 Å². The third kappa shape index (κ3) is 5.20. The Labute approximate surface area is 190 Å². The summed E-state index contributed by atoms with van der Waals surface area (Å²) in [6, 6.07) is 8.52. The van der Waals surface area contributed by atoms with Crippen molar-refractivity contribution in [2.24, 2.45) is 4.99 Å². The Hall–Kier alpha value is -2.98. The summed E-state index contributed by atoms with van der Waals surface area (Å²) in [7, 11) is 1.42. The highest BCUT2D eigenvalue weighted by molar-refractivity contribution is 9.10. The molecule has 1 saturated heterocycles. The molecule has 0 saturated carbocycles. The van der Waals surface area contributed by atoms with Crippen LogP contribution in [-0.4, -0.2) is 35.0 Å². The van der Waals surface area contributed by atoms with E-state index in [0.29, 0.717) is 21.5 Å². The van der Waals surface area contributed by atoms with E-state index in [-0.39, 0.29) is 15.8 Å². The molecule has 2 amide bonds. The fourth-order valence-electron chi connectivity index (χ4n) is 2.65. The Bertz CT molecular complexity index is 1130. The van der Waals surface area contributed by atoms with Crippen molar-refractivity contribution in [3.05, 3.63) is 57.2 Å². The molecule has 1 aliphatic heterocycles. The molecule has 1 aliphatic rings. The summed E-state index contributed by atoms with van der Waals surface area (Å²) in [6.07, 6.45) is 1.57. The van der Waals surface area contributed by atoms with Crippen LogP contribution in [0.2, 0.25) is 0 Å². The van der Waals surface area contributed by atoms with Crippen LogP contribution in [0.15, 0.2) is 50.8 Å².